The van der Waals surface area contributed by atoms with Crippen LogP contribution < -0.4 is 5.32 Å². The Morgan fingerprint density at radius 2 is 1.95 bits per heavy atom. The van der Waals surface area contributed by atoms with Crippen LogP contribution in [-0.4, -0.2) is 16.8 Å². The van der Waals surface area contributed by atoms with Crippen molar-refractivity contribution in [1.29, 1.82) is 0 Å². The lowest BCUT2D eigenvalue weighted by atomic mass is 9.95. The highest BCUT2D eigenvalue weighted by molar-refractivity contribution is 9.09. The summed E-state index contributed by atoms with van der Waals surface area (Å²) in [4.78, 5) is 12.3. The van der Waals surface area contributed by atoms with E-state index in [-0.39, 0.29) is 22.0 Å². The second kappa shape index (κ2) is 5.99. The van der Waals surface area contributed by atoms with Crippen molar-refractivity contribution in [2.45, 2.75) is 43.5 Å². The van der Waals surface area contributed by atoms with Crippen LogP contribution in [-0.2, 0) is 0 Å². The molecule has 0 bridgehead atoms. The number of carbonyl (C=O) groups excluding carboxylic acids is 1. The van der Waals surface area contributed by atoms with Crippen LogP contribution >= 0.6 is 15.9 Å². The third-order valence-electron chi connectivity index (χ3n) is 3.49. The molecule has 1 aromatic carbocycles. The van der Waals surface area contributed by atoms with Gasteiger partial charge in [-0.05, 0) is 31.4 Å². The van der Waals surface area contributed by atoms with Crippen LogP contribution in [0.1, 0.15) is 41.6 Å². The molecule has 1 aliphatic carbocycles. The molecule has 1 saturated carbocycles. The van der Waals surface area contributed by atoms with Gasteiger partial charge in [-0.2, -0.15) is 0 Å². The van der Waals surface area contributed by atoms with E-state index in [0.29, 0.717) is 0 Å². The van der Waals surface area contributed by atoms with E-state index in [1.807, 2.05) is 0 Å². The van der Waals surface area contributed by atoms with Crippen molar-refractivity contribution < 1.29 is 13.6 Å². The number of carbonyl (C=O) groups is 1. The van der Waals surface area contributed by atoms with E-state index in [1.165, 1.54) is 13.0 Å². The number of rotatable bonds is 2. The number of alkyl halides is 1. The largest absolute Gasteiger partial charge is 0.348 e. The first-order valence-corrected chi connectivity index (χ1v) is 7.31. The van der Waals surface area contributed by atoms with Gasteiger partial charge in [0.15, 0.2) is 0 Å². The number of hydrogen-bond donors (Lipinski definition) is 1. The van der Waals surface area contributed by atoms with E-state index in [2.05, 4.69) is 21.2 Å². The minimum Gasteiger partial charge on any atom is -0.348 e. The van der Waals surface area contributed by atoms with Gasteiger partial charge in [-0.25, -0.2) is 8.78 Å². The summed E-state index contributed by atoms with van der Waals surface area (Å²) < 4.78 is 26.8. The van der Waals surface area contributed by atoms with Gasteiger partial charge >= 0.3 is 0 Å². The third-order valence-corrected chi connectivity index (χ3v) is 4.59. The Balaban J connectivity index is 2.13. The summed E-state index contributed by atoms with van der Waals surface area (Å²) in [5.74, 6) is -1.93. The molecule has 0 aliphatic heterocycles. The predicted octanol–water partition coefficient (Wildman–Crippen LogP) is 3.71. The molecule has 1 aromatic rings. The maximum atomic E-state index is 13.6. The standard InChI is InChI=1S/C14H16BrF2NO/c1-8-6-9(12(17)7-11(8)16)14(19)18-13-5-3-2-4-10(13)15/h6-7,10,13H,2-5H2,1H3,(H,18,19). The maximum Gasteiger partial charge on any atom is 0.254 e. The van der Waals surface area contributed by atoms with Gasteiger partial charge in [0.1, 0.15) is 11.6 Å². The van der Waals surface area contributed by atoms with Crippen LogP contribution in [0.3, 0.4) is 0 Å². The van der Waals surface area contributed by atoms with Gasteiger partial charge in [-0.15, -0.1) is 0 Å². The highest BCUT2D eigenvalue weighted by Gasteiger charge is 2.25. The number of nitrogens with one attached hydrogen (secondary N) is 1. The molecule has 1 N–H and O–H groups in total. The SMILES string of the molecule is Cc1cc(C(=O)NC2CCCCC2Br)c(F)cc1F. The molecule has 19 heavy (non-hydrogen) atoms. The predicted molar refractivity (Wildman–Crippen MR) is 73.5 cm³/mol. The van der Waals surface area contributed by atoms with Gasteiger partial charge in [-0.1, -0.05) is 28.8 Å². The highest BCUT2D eigenvalue weighted by Crippen LogP contribution is 2.25. The number of benzene rings is 1. The number of aryl methyl sites for hydroxylation is 1. The summed E-state index contributed by atoms with van der Waals surface area (Å²) in [7, 11) is 0. The van der Waals surface area contributed by atoms with Gasteiger partial charge in [0.05, 0.1) is 5.56 Å². The van der Waals surface area contributed by atoms with Gasteiger partial charge in [0.2, 0.25) is 0 Å². The molecule has 104 valence electrons. The summed E-state index contributed by atoms with van der Waals surface area (Å²) >= 11 is 3.53. The second-order valence-electron chi connectivity index (χ2n) is 4.96. The maximum absolute atomic E-state index is 13.6. The lowest BCUT2D eigenvalue weighted by Gasteiger charge is -2.28. The van der Waals surface area contributed by atoms with E-state index < -0.39 is 17.5 Å². The fourth-order valence-electron chi connectivity index (χ4n) is 2.33. The molecule has 5 heteroatoms. The molecule has 0 saturated heterocycles. The normalized spacial score (nSPS) is 23.2. The van der Waals surface area contributed by atoms with Crippen molar-refractivity contribution in [3.05, 3.63) is 34.9 Å². The van der Waals surface area contributed by atoms with E-state index in [9.17, 15) is 13.6 Å². The smallest absolute Gasteiger partial charge is 0.254 e. The highest BCUT2D eigenvalue weighted by atomic mass is 79.9. The third kappa shape index (κ3) is 3.32. The molecular formula is C14H16BrF2NO. The molecule has 0 radical (unpaired) electrons. The van der Waals surface area contributed by atoms with Crippen LogP contribution in [0.4, 0.5) is 8.78 Å². The second-order valence-corrected chi connectivity index (χ2v) is 6.14. The van der Waals surface area contributed by atoms with Crippen molar-refractivity contribution in [3.63, 3.8) is 0 Å². The van der Waals surface area contributed by atoms with Gasteiger partial charge < -0.3 is 5.32 Å². The summed E-state index contributed by atoms with van der Waals surface area (Å²) in [6.45, 7) is 1.51. The zero-order chi connectivity index (χ0) is 14.0. The Kier molecular flexibility index (Phi) is 4.55. The topological polar surface area (TPSA) is 29.1 Å². The molecule has 0 aromatic heterocycles. The summed E-state index contributed by atoms with van der Waals surface area (Å²) in [5.41, 5.74) is 0.176. The zero-order valence-electron chi connectivity index (χ0n) is 10.7. The lowest BCUT2D eigenvalue weighted by molar-refractivity contribution is 0.0925. The minimum atomic E-state index is -0.817. The average Bonchev–Trinajstić information content (AvgIpc) is 2.36. The molecule has 1 aliphatic rings. The Morgan fingerprint density at radius 1 is 1.26 bits per heavy atom. The Morgan fingerprint density at radius 3 is 2.63 bits per heavy atom. The Hall–Kier alpha value is -0.970. The molecule has 2 atom stereocenters. The van der Waals surface area contributed by atoms with Gasteiger partial charge in [0, 0.05) is 16.9 Å². The molecule has 2 rings (SSSR count). The zero-order valence-corrected chi connectivity index (χ0v) is 12.3. The summed E-state index contributed by atoms with van der Waals surface area (Å²) in [5, 5.41) is 2.82. The van der Waals surface area contributed by atoms with Crippen molar-refractivity contribution in [2.75, 3.05) is 0 Å². The molecule has 1 amide bonds. The van der Waals surface area contributed by atoms with Crippen LogP contribution in [0.15, 0.2) is 12.1 Å². The van der Waals surface area contributed by atoms with E-state index >= 15 is 0 Å². The Labute approximate surface area is 119 Å². The summed E-state index contributed by atoms with van der Waals surface area (Å²) in [6.07, 6.45) is 4.06. The minimum absolute atomic E-state index is 0.00556. The monoisotopic (exact) mass is 331 g/mol. The fraction of sp³-hybridized carbons (Fsp3) is 0.500. The number of amides is 1. The average molecular weight is 332 g/mol. The van der Waals surface area contributed by atoms with E-state index in [1.54, 1.807) is 0 Å². The molecule has 1 fully saturated rings. The molecule has 0 spiro atoms. The fourth-order valence-corrected chi connectivity index (χ4v) is 3.05. The van der Waals surface area contributed by atoms with E-state index in [0.717, 1.165) is 31.7 Å². The molecule has 0 heterocycles. The first-order chi connectivity index (χ1) is 8.99. The molecular weight excluding hydrogens is 316 g/mol. The van der Waals surface area contributed by atoms with Crippen molar-refractivity contribution in [3.8, 4) is 0 Å². The van der Waals surface area contributed by atoms with Gasteiger partial charge in [0.25, 0.3) is 5.91 Å². The van der Waals surface area contributed by atoms with Crippen molar-refractivity contribution in [1.82, 2.24) is 5.32 Å². The van der Waals surface area contributed by atoms with Gasteiger partial charge in [-0.3, -0.25) is 4.79 Å². The van der Waals surface area contributed by atoms with Crippen LogP contribution in [0.2, 0.25) is 0 Å². The van der Waals surface area contributed by atoms with E-state index in [4.69, 9.17) is 0 Å². The number of hydrogen-bond acceptors (Lipinski definition) is 1. The first-order valence-electron chi connectivity index (χ1n) is 6.39. The quantitative estimate of drug-likeness (QED) is 0.822. The molecule has 2 nitrogen and oxygen atoms in total. The number of halogens is 3. The van der Waals surface area contributed by atoms with Crippen molar-refractivity contribution in [2.24, 2.45) is 0 Å². The first kappa shape index (κ1) is 14.4. The molecule has 2 unspecified atom stereocenters. The van der Waals surface area contributed by atoms with Crippen LogP contribution in [0.25, 0.3) is 0 Å². The van der Waals surface area contributed by atoms with Crippen LogP contribution in [0.5, 0.6) is 0 Å². The van der Waals surface area contributed by atoms with Crippen molar-refractivity contribution >= 4 is 21.8 Å². The van der Waals surface area contributed by atoms with Crippen LogP contribution in [0, 0.1) is 18.6 Å². The Bertz CT molecular complexity index is 493. The summed E-state index contributed by atoms with van der Waals surface area (Å²) in [6, 6.07) is 2.02. The lowest BCUT2D eigenvalue weighted by Crippen LogP contribution is -2.42.